The molecule has 1 amide bonds. The van der Waals surface area contributed by atoms with Crippen LogP contribution in [0.3, 0.4) is 0 Å². The molecule has 6 heteroatoms. The molecular weight excluding hydrogens is 334 g/mol. The highest BCUT2D eigenvalue weighted by atomic mass is 16.5. The van der Waals surface area contributed by atoms with E-state index in [9.17, 15) is 9.59 Å². The van der Waals surface area contributed by atoms with Gasteiger partial charge in [-0.3, -0.25) is 4.79 Å². The number of rotatable bonds is 6. The molecule has 1 saturated heterocycles. The van der Waals surface area contributed by atoms with E-state index in [-0.39, 0.29) is 17.6 Å². The summed E-state index contributed by atoms with van der Waals surface area (Å²) in [7, 11) is 0. The largest absolute Gasteiger partial charge is 0.491 e. The molecule has 1 aliphatic rings. The topological polar surface area (TPSA) is 84.9 Å². The smallest absolute Gasteiger partial charge is 0.335 e. The Balaban J connectivity index is 1.59. The zero-order valence-corrected chi connectivity index (χ0v) is 14.5. The summed E-state index contributed by atoms with van der Waals surface area (Å²) in [5, 5.41) is 11.8. The average molecular weight is 355 g/mol. The van der Waals surface area contributed by atoms with Gasteiger partial charge in [-0.05, 0) is 67.8 Å². The van der Waals surface area contributed by atoms with Crippen molar-refractivity contribution >= 4 is 17.6 Å². The number of aryl methyl sites for hydroxylation is 1. The lowest BCUT2D eigenvalue weighted by atomic mass is 10.1. The minimum atomic E-state index is -0.987. The average Bonchev–Trinajstić information content (AvgIpc) is 3.13. The Morgan fingerprint density at radius 1 is 1.23 bits per heavy atom. The highest BCUT2D eigenvalue weighted by Crippen LogP contribution is 2.19. The molecule has 3 rings (SSSR count). The number of hydrogen-bond acceptors (Lipinski definition) is 4. The van der Waals surface area contributed by atoms with Crippen LogP contribution in [0.2, 0.25) is 0 Å². The zero-order chi connectivity index (χ0) is 18.5. The summed E-state index contributed by atoms with van der Waals surface area (Å²) in [4.78, 5) is 23.4. The molecule has 2 aromatic rings. The molecule has 1 unspecified atom stereocenters. The van der Waals surface area contributed by atoms with Crippen molar-refractivity contribution in [3.63, 3.8) is 0 Å². The van der Waals surface area contributed by atoms with E-state index in [1.807, 2.05) is 0 Å². The van der Waals surface area contributed by atoms with Gasteiger partial charge in [0.05, 0.1) is 11.7 Å². The maximum atomic E-state index is 12.3. The van der Waals surface area contributed by atoms with Gasteiger partial charge in [-0.15, -0.1) is 0 Å². The van der Waals surface area contributed by atoms with Gasteiger partial charge in [0.1, 0.15) is 12.4 Å². The molecule has 0 saturated carbocycles. The number of carbonyl (C=O) groups excluding carboxylic acids is 1. The van der Waals surface area contributed by atoms with Crippen molar-refractivity contribution in [2.45, 2.75) is 25.9 Å². The van der Waals surface area contributed by atoms with Gasteiger partial charge in [-0.25, -0.2) is 4.79 Å². The van der Waals surface area contributed by atoms with Crippen LogP contribution >= 0.6 is 0 Å². The van der Waals surface area contributed by atoms with E-state index < -0.39 is 5.97 Å². The second-order valence-corrected chi connectivity index (χ2v) is 6.26. The molecule has 0 aromatic heterocycles. The Morgan fingerprint density at radius 2 is 2.00 bits per heavy atom. The molecule has 0 radical (unpaired) electrons. The van der Waals surface area contributed by atoms with Gasteiger partial charge in [0.25, 0.3) is 5.91 Å². The van der Waals surface area contributed by atoms with Crippen LogP contribution in [0.15, 0.2) is 42.5 Å². The second-order valence-electron chi connectivity index (χ2n) is 6.26. The van der Waals surface area contributed by atoms with Crippen LogP contribution in [0.1, 0.15) is 39.1 Å². The fourth-order valence-electron chi connectivity index (χ4n) is 2.85. The summed E-state index contributed by atoms with van der Waals surface area (Å²) in [5.74, 6) is -0.559. The van der Waals surface area contributed by atoms with Gasteiger partial charge >= 0.3 is 5.97 Å². The van der Waals surface area contributed by atoms with Gasteiger partial charge in [0, 0.05) is 17.9 Å². The molecule has 0 spiro atoms. The fraction of sp³-hybridized carbons (Fsp3) is 0.300. The highest BCUT2D eigenvalue weighted by molar-refractivity contribution is 6.04. The maximum Gasteiger partial charge on any atom is 0.335 e. The highest BCUT2D eigenvalue weighted by Gasteiger charge is 2.16. The monoisotopic (exact) mass is 355 g/mol. The van der Waals surface area contributed by atoms with Crippen molar-refractivity contribution < 1.29 is 24.2 Å². The van der Waals surface area contributed by atoms with Crippen LogP contribution in [-0.2, 0) is 4.74 Å². The van der Waals surface area contributed by atoms with Crippen molar-refractivity contribution in [3.8, 4) is 5.75 Å². The quantitative estimate of drug-likeness (QED) is 0.828. The standard InChI is InChI=1S/C20H21NO5/c1-13-11-15(6-9-18(13)20(23)24)21-19(22)14-4-7-16(8-5-14)26-12-17-3-2-10-25-17/h4-9,11,17H,2-3,10,12H2,1H3,(H,21,22)(H,23,24). The number of nitrogens with one attached hydrogen (secondary N) is 1. The Hall–Kier alpha value is -2.86. The minimum Gasteiger partial charge on any atom is -0.491 e. The predicted molar refractivity (Wildman–Crippen MR) is 97.0 cm³/mol. The Kier molecular flexibility index (Phi) is 5.53. The number of carbonyl (C=O) groups is 2. The summed E-state index contributed by atoms with van der Waals surface area (Å²) < 4.78 is 11.2. The second kappa shape index (κ2) is 8.01. The van der Waals surface area contributed by atoms with Crippen molar-refractivity contribution in [3.05, 3.63) is 59.2 Å². The number of hydrogen-bond donors (Lipinski definition) is 2. The zero-order valence-electron chi connectivity index (χ0n) is 14.5. The van der Waals surface area contributed by atoms with Gasteiger partial charge in [0.2, 0.25) is 0 Å². The van der Waals surface area contributed by atoms with Crippen LogP contribution in [0.5, 0.6) is 5.75 Å². The molecule has 6 nitrogen and oxygen atoms in total. The van der Waals surface area contributed by atoms with E-state index >= 15 is 0 Å². The molecule has 1 aliphatic heterocycles. The van der Waals surface area contributed by atoms with Gasteiger partial charge in [-0.1, -0.05) is 0 Å². The van der Waals surface area contributed by atoms with Crippen LogP contribution < -0.4 is 10.1 Å². The summed E-state index contributed by atoms with van der Waals surface area (Å²) in [6.07, 6.45) is 2.23. The van der Waals surface area contributed by atoms with Crippen LogP contribution in [-0.4, -0.2) is 36.3 Å². The van der Waals surface area contributed by atoms with Crippen molar-refractivity contribution in [2.75, 3.05) is 18.5 Å². The Morgan fingerprint density at radius 3 is 2.62 bits per heavy atom. The number of anilines is 1. The lowest BCUT2D eigenvalue weighted by Gasteiger charge is -2.12. The number of aromatic carboxylic acids is 1. The third-order valence-electron chi connectivity index (χ3n) is 4.29. The first-order valence-electron chi connectivity index (χ1n) is 8.52. The molecule has 0 aliphatic carbocycles. The van der Waals surface area contributed by atoms with Crippen LogP contribution in [0.25, 0.3) is 0 Å². The first-order valence-corrected chi connectivity index (χ1v) is 8.52. The summed E-state index contributed by atoms with van der Waals surface area (Å²) >= 11 is 0. The number of benzene rings is 2. The van der Waals surface area contributed by atoms with E-state index in [1.54, 1.807) is 43.3 Å². The van der Waals surface area contributed by atoms with E-state index in [4.69, 9.17) is 14.6 Å². The molecule has 1 heterocycles. The van der Waals surface area contributed by atoms with Crippen molar-refractivity contribution in [1.29, 1.82) is 0 Å². The first kappa shape index (κ1) is 17.9. The van der Waals surface area contributed by atoms with E-state index in [0.717, 1.165) is 19.4 Å². The van der Waals surface area contributed by atoms with Gasteiger partial charge in [-0.2, -0.15) is 0 Å². The Bertz CT molecular complexity index is 794. The molecule has 2 aromatic carbocycles. The van der Waals surface area contributed by atoms with Gasteiger partial charge in [0.15, 0.2) is 0 Å². The number of carboxylic acid groups (broad SMARTS) is 1. The van der Waals surface area contributed by atoms with Crippen molar-refractivity contribution in [2.24, 2.45) is 0 Å². The molecule has 26 heavy (non-hydrogen) atoms. The lowest BCUT2D eigenvalue weighted by Crippen LogP contribution is -2.16. The van der Waals surface area contributed by atoms with E-state index in [0.29, 0.717) is 29.2 Å². The first-order chi connectivity index (χ1) is 12.5. The normalized spacial score (nSPS) is 16.3. The third kappa shape index (κ3) is 4.40. The number of amides is 1. The van der Waals surface area contributed by atoms with Crippen molar-refractivity contribution in [1.82, 2.24) is 0 Å². The third-order valence-corrected chi connectivity index (χ3v) is 4.29. The molecule has 2 N–H and O–H groups in total. The van der Waals surface area contributed by atoms with Gasteiger partial charge < -0.3 is 19.9 Å². The number of carboxylic acids is 1. The molecule has 0 bridgehead atoms. The molecular formula is C20H21NO5. The molecule has 136 valence electrons. The minimum absolute atomic E-state index is 0.148. The Labute approximate surface area is 151 Å². The fourth-order valence-corrected chi connectivity index (χ4v) is 2.85. The lowest BCUT2D eigenvalue weighted by molar-refractivity contribution is 0.0679. The maximum absolute atomic E-state index is 12.3. The molecule has 1 atom stereocenters. The molecule has 1 fully saturated rings. The summed E-state index contributed by atoms with van der Waals surface area (Å²) in [5.41, 5.74) is 1.86. The summed E-state index contributed by atoms with van der Waals surface area (Å²) in [6.45, 7) is 3.00. The van der Waals surface area contributed by atoms with Crippen LogP contribution in [0, 0.1) is 6.92 Å². The number of ether oxygens (including phenoxy) is 2. The van der Waals surface area contributed by atoms with Crippen LogP contribution in [0.4, 0.5) is 5.69 Å². The van der Waals surface area contributed by atoms with E-state index in [2.05, 4.69) is 5.32 Å². The SMILES string of the molecule is Cc1cc(NC(=O)c2ccc(OCC3CCCO3)cc2)ccc1C(=O)O. The summed E-state index contributed by atoms with van der Waals surface area (Å²) in [6, 6.07) is 11.6. The predicted octanol–water partition coefficient (Wildman–Crippen LogP) is 3.50. The van der Waals surface area contributed by atoms with E-state index in [1.165, 1.54) is 6.07 Å².